The molecule has 1 N–H and O–H groups in total. The third kappa shape index (κ3) is 2.72. The molecule has 3 rings (SSSR count). The van der Waals surface area contributed by atoms with E-state index in [2.05, 4.69) is 0 Å². The molecule has 0 saturated heterocycles. The van der Waals surface area contributed by atoms with Gasteiger partial charge in [-0.1, -0.05) is 6.07 Å². The molecular formula is C15H19NO4. The molecule has 1 fully saturated rings. The normalized spacial score (nSPS) is 18.9. The number of carbonyl (C=O) groups is 1. The minimum absolute atomic E-state index is 0.0643. The fourth-order valence-electron chi connectivity index (χ4n) is 2.66. The van der Waals surface area contributed by atoms with E-state index in [1.165, 1.54) is 0 Å². The van der Waals surface area contributed by atoms with Crippen LogP contribution >= 0.6 is 0 Å². The minimum Gasteiger partial charge on any atom is -0.486 e. The maximum Gasteiger partial charge on any atom is 0.317 e. The first kappa shape index (κ1) is 13.2. The van der Waals surface area contributed by atoms with E-state index < -0.39 is 5.97 Å². The molecule has 0 aromatic heterocycles. The summed E-state index contributed by atoms with van der Waals surface area (Å²) in [6, 6.07) is 6.33. The van der Waals surface area contributed by atoms with Gasteiger partial charge >= 0.3 is 5.97 Å². The van der Waals surface area contributed by atoms with Crippen LogP contribution in [0.1, 0.15) is 31.4 Å². The fourth-order valence-corrected chi connectivity index (χ4v) is 2.66. The summed E-state index contributed by atoms with van der Waals surface area (Å²) in [6.45, 7) is 3.27. The van der Waals surface area contributed by atoms with Gasteiger partial charge in [0.2, 0.25) is 0 Å². The Morgan fingerprint density at radius 2 is 2.05 bits per heavy atom. The third-order valence-corrected chi connectivity index (χ3v) is 3.88. The van der Waals surface area contributed by atoms with E-state index in [-0.39, 0.29) is 12.6 Å². The van der Waals surface area contributed by atoms with Crippen molar-refractivity contribution >= 4 is 5.97 Å². The third-order valence-electron chi connectivity index (χ3n) is 3.88. The molecule has 1 aromatic carbocycles. The topological polar surface area (TPSA) is 59.0 Å². The molecule has 1 aromatic rings. The monoisotopic (exact) mass is 277 g/mol. The van der Waals surface area contributed by atoms with Crippen molar-refractivity contribution in [3.63, 3.8) is 0 Å². The second-order valence-electron chi connectivity index (χ2n) is 5.38. The van der Waals surface area contributed by atoms with Crippen molar-refractivity contribution in [1.82, 2.24) is 4.90 Å². The Morgan fingerprint density at radius 3 is 2.70 bits per heavy atom. The SMILES string of the molecule is CC(c1ccc2c(c1)OCCO2)N(CC(=O)O)C1CC1. The zero-order valence-electron chi connectivity index (χ0n) is 11.5. The van der Waals surface area contributed by atoms with Crippen molar-refractivity contribution in [2.45, 2.75) is 31.8 Å². The molecule has 1 aliphatic carbocycles. The minimum atomic E-state index is -0.777. The van der Waals surface area contributed by atoms with Crippen LogP contribution in [0.5, 0.6) is 11.5 Å². The number of aliphatic carboxylic acids is 1. The van der Waals surface area contributed by atoms with Crippen LogP contribution < -0.4 is 9.47 Å². The Kier molecular flexibility index (Phi) is 3.53. The van der Waals surface area contributed by atoms with Gasteiger partial charge in [0.1, 0.15) is 13.2 Å². The van der Waals surface area contributed by atoms with Crippen LogP contribution in [0.3, 0.4) is 0 Å². The standard InChI is InChI=1S/C15H19NO4/c1-10(16(9-15(17)18)12-3-4-12)11-2-5-13-14(8-11)20-7-6-19-13/h2,5,8,10,12H,3-4,6-7,9H2,1H3,(H,17,18). The number of nitrogens with zero attached hydrogens (tertiary/aromatic N) is 1. The number of ether oxygens (including phenoxy) is 2. The lowest BCUT2D eigenvalue weighted by molar-refractivity contribution is -0.139. The van der Waals surface area contributed by atoms with Gasteiger partial charge in [-0.2, -0.15) is 0 Å². The molecule has 1 heterocycles. The van der Waals surface area contributed by atoms with Crippen molar-refractivity contribution in [2.24, 2.45) is 0 Å². The summed E-state index contributed by atoms with van der Waals surface area (Å²) in [4.78, 5) is 13.1. The highest BCUT2D eigenvalue weighted by molar-refractivity contribution is 5.69. The van der Waals surface area contributed by atoms with Crippen LogP contribution in [0.4, 0.5) is 0 Å². The molecule has 1 unspecified atom stereocenters. The molecule has 0 bridgehead atoms. The lowest BCUT2D eigenvalue weighted by Crippen LogP contribution is -2.34. The van der Waals surface area contributed by atoms with E-state index >= 15 is 0 Å². The number of hydrogen-bond donors (Lipinski definition) is 1. The molecule has 0 radical (unpaired) electrons. The van der Waals surface area contributed by atoms with Gasteiger partial charge < -0.3 is 14.6 Å². The van der Waals surface area contributed by atoms with Gasteiger partial charge in [-0.25, -0.2) is 0 Å². The number of fused-ring (bicyclic) bond motifs is 1. The molecule has 0 spiro atoms. The quantitative estimate of drug-likeness (QED) is 0.892. The first-order valence-electron chi connectivity index (χ1n) is 7.02. The van der Waals surface area contributed by atoms with Crippen LogP contribution in [-0.4, -0.2) is 41.8 Å². The number of carboxylic acids is 1. The highest BCUT2D eigenvalue weighted by atomic mass is 16.6. The van der Waals surface area contributed by atoms with Crippen molar-refractivity contribution in [2.75, 3.05) is 19.8 Å². The number of hydrogen-bond acceptors (Lipinski definition) is 4. The summed E-state index contributed by atoms with van der Waals surface area (Å²) in [5.41, 5.74) is 1.07. The average Bonchev–Trinajstić information content (AvgIpc) is 3.28. The van der Waals surface area contributed by atoms with Gasteiger partial charge in [0.05, 0.1) is 6.54 Å². The summed E-state index contributed by atoms with van der Waals surface area (Å²) in [5.74, 6) is 0.747. The summed E-state index contributed by atoms with van der Waals surface area (Å²) < 4.78 is 11.1. The van der Waals surface area contributed by atoms with E-state index in [4.69, 9.17) is 14.6 Å². The smallest absolute Gasteiger partial charge is 0.317 e. The Bertz CT molecular complexity index is 513. The lowest BCUT2D eigenvalue weighted by atomic mass is 10.1. The molecule has 1 saturated carbocycles. The molecule has 2 aliphatic rings. The first-order chi connectivity index (χ1) is 9.65. The van der Waals surface area contributed by atoms with E-state index in [0.29, 0.717) is 19.3 Å². The van der Waals surface area contributed by atoms with E-state index in [9.17, 15) is 4.79 Å². The Balaban J connectivity index is 1.81. The van der Waals surface area contributed by atoms with Crippen LogP contribution in [0, 0.1) is 0 Å². The van der Waals surface area contributed by atoms with Gasteiger partial charge in [-0.05, 0) is 37.5 Å². The molecule has 1 aliphatic heterocycles. The average molecular weight is 277 g/mol. The zero-order valence-corrected chi connectivity index (χ0v) is 11.5. The molecule has 0 amide bonds. The van der Waals surface area contributed by atoms with Gasteiger partial charge in [-0.15, -0.1) is 0 Å². The van der Waals surface area contributed by atoms with Crippen LogP contribution in [0.2, 0.25) is 0 Å². The van der Waals surface area contributed by atoms with Gasteiger partial charge in [-0.3, -0.25) is 9.69 Å². The van der Waals surface area contributed by atoms with Crippen molar-refractivity contribution in [3.8, 4) is 11.5 Å². The Morgan fingerprint density at radius 1 is 1.35 bits per heavy atom. The van der Waals surface area contributed by atoms with E-state index in [1.807, 2.05) is 30.0 Å². The summed E-state index contributed by atoms with van der Waals surface area (Å²) in [7, 11) is 0. The van der Waals surface area contributed by atoms with Gasteiger partial charge in [0, 0.05) is 12.1 Å². The molecule has 5 heteroatoms. The van der Waals surface area contributed by atoms with Gasteiger partial charge in [0.15, 0.2) is 11.5 Å². The highest BCUT2D eigenvalue weighted by Crippen LogP contribution is 2.37. The van der Waals surface area contributed by atoms with Crippen LogP contribution in [0.25, 0.3) is 0 Å². The van der Waals surface area contributed by atoms with Crippen molar-refractivity contribution in [1.29, 1.82) is 0 Å². The van der Waals surface area contributed by atoms with Gasteiger partial charge in [0.25, 0.3) is 0 Å². The van der Waals surface area contributed by atoms with Crippen LogP contribution in [0.15, 0.2) is 18.2 Å². The van der Waals surface area contributed by atoms with E-state index in [1.54, 1.807) is 0 Å². The second-order valence-corrected chi connectivity index (χ2v) is 5.38. The number of carboxylic acid groups (broad SMARTS) is 1. The highest BCUT2D eigenvalue weighted by Gasteiger charge is 2.34. The summed E-state index contributed by atoms with van der Waals surface area (Å²) in [6.07, 6.45) is 2.17. The van der Waals surface area contributed by atoms with Crippen molar-refractivity contribution in [3.05, 3.63) is 23.8 Å². The first-order valence-corrected chi connectivity index (χ1v) is 7.02. The molecule has 20 heavy (non-hydrogen) atoms. The molecular weight excluding hydrogens is 258 g/mol. The second kappa shape index (κ2) is 5.32. The maximum atomic E-state index is 11.0. The Labute approximate surface area is 118 Å². The summed E-state index contributed by atoms with van der Waals surface area (Å²) >= 11 is 0. The maximum absolute atomic E-state index is 11.0. The molecule has 5 nitrogen and oxygen atoms in total. The fraction of sp³-hybridized carbons (Fsp3) is 0.533. The predicted molar refractivity (Wildman–Crippen MR) is 73.2 cm³/mol. The molecule has 108 valence electrons. The summed E-state index contributed by atoms with van der Waals surface area (Å²) in [5, 5.41) is 9.06. The Hall–Kier alpha value is -1.75. The lowest BCUT2D eigenvalue weighted by Gasteiger charge is -2.29. The van der Waals surface area contributed by atoms with Crippen LogP contribution in [-0.2, 0) is 4.79 Å². The predicted octanol–water partition coefficient (Wildman–Crippen LogP) is 2.07. The zero-order chi connectivity index (χ0) is 14.1. The largest absolute Gasteiger partial charge is 0.486 e. The number of benzene rings is 1. The number of rotatable bonds is 5. The van der Waals surface area contributed by atoms with Crippen molar-refractivity contribution < 1.29 is 19.4 Å². The molecule has 1 atom stereocenters. The van der Waals surface area contributed by atoms with E-state index in [0.717, 1.165) is 29.9 Å².